The molecule has 0 rings (SSSR count). The minimum absolute atomic E-state index is 0.735. The first kappa shape index (κ1) is 14.7. The molecule has 0 aliphatic rings. The third-order valence-corrected chi connectivity index (χ3v) is 2.71. The zero-order valence-electron chi connectivity index (χ0n) is 10.9. The molecule has 0 aromatic carbocycles. The van der Waals surface area contributed by atoms with Crippen LogP contribution in [0.15, 0.2) is 12.7 Å². The lowest BCUT2D eigenvalue weighted by Crippen LogP contribution is -2.30. The van der Waals surface area contributed by atoms with E-state index in [-0.39, 0.29) is 0 Å². The first-order valence-electron chi connectivity index (χ1n) is 6.55. The van der Waals surface area contributed by atoms with Gasteiger partial charge in [0.05, 0.1) is 0 Å². The highest BCUT2D eigenvalue weighted by Gasteiger charge is 2.08. The molecule has 0 spiro atoms. The summed E-state index contributed by atoms with van der Waals surface area (Å²) in [5.74, 6) is 0.808. The van der Waals surface area contributed by atoms with Gasteiger partial charge in [0, 0.05) is 6.04 Å². The molecule has 0 bridgehead atoms. The first-order valence-corrected chi connectivity index (χ1v) is 6.55. The summed E-state index contributed by atoms with van der Waals surface area (Å²) < 4.78 is 0. The van der Waals surface area contributed by atoms with Crippen LogP contribution in [0.3, 0.4) is 0 Å². The van der Waals surface area contributed by atoms with Crippen molar-refractivity contribution < 1.29 is 0 Å². The number of nitrogens with one attached hydrogen (secondary N) is 1. The summed E-state index contributed by atoms with van der Waals surface area (Å²) in [6, 6.07) is 0.735. The molecule has 1 N–H and O–H groups in total. The molecule has 1 unspecified atom stereocenters. The predicted octanol–water partition coefficient (Wildman–Crippen LogP) is 4.15. The highest BCUT2D eigenvalue weighted by atomic mass is 14.9. The molecule has 1 heteroatoms. The van der Waals surface area contributed by atoms with Crippen LogP contribution >= 0.6 is 0 Å². The molecule has 0 aromatic rings. The Labute approximate surface area is 96.3 Å². The molecule has 90 valence electrons. The number of hydrogen-bond acceptors (Lipinski definition) is 1. The van der Waals surface area contributed by atoms with E-state index in [1.54, 1.807) is 0 Å². The van der Waals surface area contributed by atoms with Gasteiger partial charge < -0.3 is 5.32 Å². The zero-order chi connectivity index (χ0) is 11.5. The van der Waals surface area contributed by atoms with Gasteiger partial charge >= 0.3 is 0 Å². The maximum absolute atomic E-state index is 3.75. The lowest BCUT2D eigenvalue weighted by molar-refractivity contribution is 0.392. The maximum atomic E-state index is 3.75. The Balaban J connectivity index is 3.51. The Morgan fingerprint density at radius 1 is 1.20 bits per heavy atom. The summed E-state index contributed by atoms with van der Waals surface area (Å²) in [4.78, 5) is 0. The highest BCUT2D eigenvalue weighted by Crippen LogP contribution is 2.12. The monoisotopic (exact) mass is 211 g/mol. The van der Waals surface area contributed by atoms with Gasteiger partial charge in [-0.15, -0.1) is 6.58 Å². The van der Waals surface area contributed by atoms with E-state index in [2.05, 4.69) is 32.7 Å². The van der Waals surface area contributed by atoms with E-state index in [0.717, 1.165) is 18.5 Å². The fourth-order valence-corrected chi connectivity index (χ4v) is 2.02. The SMILES string of the molecule is C=CCCCCCC(CC(C)C)NCC. The van der Waals surface area contributed by atoms with Gasteiger partial charge in [-0.05, 0) is 38.1 Å². The van der Waals surface area contributed by atoms with E-state index in [0.29, 0.717) is 0 Å². The van der Waals surface area contributed by atoms with Crippen molar-refractivity contribution in [2.45, 2.75) is 65.3 Å². The van der Waals surface area contributed by atoms with Crippen molar-refractivity contribution in [1.82, 2.24) is 5.32 Å². The van der Waals surface area contributed by atoms with E-state index in [9.17, 15) is 0 Å². The molecule has 0 aliphatic carbocycles. The molecular weight excluding hydrogens is 182 g/mol. The molecule has 0 heterocycles. The summed E-state index contributed by atoms with van der Waals surface area (Å²) >= 11 is 0. The van der Waals surface area contributed by atoms with Crippen molar-refractivity contribution in [2.75, 3.05) is 6.54 Å². The van der Waals surface area contributed by atoms with Crippen molar-refractivity contribution in [3.8, 4) is 0 Å². The summed E-state index contributed by atoms with van der Waals surface area (Å²) in [5.41, 5.74) is 0. The largest absolute Gasteiger partial charge is 0.314 e. The van der Waals surface area contributed by atoms with Crippen LogP contribution in [-0.2, 0) is 0 Å². The van der Waals surface area contributed by atoms with Gasteiger partial charge in [-0.1, -0.05) is 39.7 Å². The van der Waals surface area contributed by atoms with Gasteiger partial charge in [0.2, 0.25) is 0 Å². The molecule has 0 amide bonds. The van der Waals surface area contributed by atoms with Crippen LogP contribution in [0.25, 0.3) is 0 Å². The Morgan fingerprint density at radius 3 is 2.47 bits per heavy atom. The van der Waals surface area contributed by atoms with Crippen molar-refractivity contribution in [2.24, 2.45) is 5.92 Å². The highest BCUT2D eigenvalue weighted by molar-refractivity contribution is 4.69. The van der Waals surface area contributed by atoms with Crippen LogP contribution in [0.2, 0.25) is 0 Å². The van der Waals surface area contributed by atoms with E-state index >= 15 is 0 Å². The molecule has 0 aromatic heterocycles. The normalized spacial score (nSPS) is 13.1. The van der Waals surface area contributed by atoms with Crippen molar-refractivity contribution in [1.29, 1.82) is 0 Å². The summed E-state index contributed by atoms with van der Waals surface area (Å²) in [6.07, 6.45) is 9.87. The molecule has 15 heavy (non-hydrogen) atoms. The smallest absolute Gasteiger partial charge is 0.00693 e. The number of hydrogen-bond donors (Lipinski definition) is 1. The predicted molar refractivity (Wildman–Crippen MR) is 70.2 cm³/mol. The third-order valence-electron chi connectivity index (χ3n) is 2.71. The quantitative estimate of drug-likeness (QED) is 0.423. The Hall–Kier alpha value is -0.300. The average molecular weight is 211 g/mol. The molecule has 1 atom stereocenters. The molecule has 0 saturated carbocycles. The van der Waals surface area contributed by atoms with Gasteiger partial charge in [0.1, 0.15) is 0 Å². The van der Waals surface area contributed by atoms with Gasteiger partial charge in [0.25, 0.3) is 0 Å². The summed E-state index contributed by atoms with van der Waals surface area (Å²) in [5, 5.41) is 3.58. The topological polar surface area (TPSA) is 12.0 Å². The second-order valence-electron chi connectivity index (χ2n) is 4.81. The number of unbranched alkanes of at least 4 members (excludes halogenated alkanes) is 3. The lowest BCUT2D eigenvalue weighted by atomic mass is 9.98. The minimum atomic E-state index is 0.735. The Morgan fingerprint density at radius 2 is 1.93 bits per heavy atom. The second-order valence-corrected chi connectivity index (χ2v) is 4.81. The van der Waals surface area contributed by atoms with Crippen LogP contribution < -0.4 is 5.32 Å². The Bertz CT molecular complexity index is 140. The van der Waals surface area contributed by atoms with E-state index in [1.807, 2.05) is 6.08 Å². The van der Waals surface area contributed by atoms with Gasteiger partial charge in [0.15, 0.2) is 0 Å². The van der Waals surface area contributed by atoms with Crippen molar-refractivity contribution in [3.63, 3.8) is 0 Å². The molecule has 0 fully saturated rings. The van der Waals surface area contributed by atoms with Crippen LogP contribution in [0.1, 0.15) is 59.3 Å². The van der Waals surface area contributed by atoms with E-state index < -0.39 is 0 Å². The molecule has 0 saturated heterocycles. The minimum Gasteiger partial charge on any atom is -0.314 e. The van der Waals surface area contributed by atoms with Crippen LogP contribution in [0, 0.1) is 5.92 Å². The molecule has 1 nitrogen and oxygen atoms in total. The van der Waals surface area contributed by atoms with E-state index in [4.69, 9.17) is 0 Å². The van der Waals surface area contributed by atoms with Crippen molar-refractivity contribution in [3.05, 3.63) is 12.7 Å². The zero-order valence-corrected chi connectivity index (χ0v) is 10.9. The summed E-state index contributed by atoms with van der Waals surface area (Å²) in [6.45, 7) is 11.7. The standard InChI is InChI=1S/C14H29N/c1-5-7-8-9-10-11-14(15-6-2)12-13(3)4/h5,13-15H,1,6-12H2,2-4H3. The first-order chi connectivity index (χ1) is 7.20. The van der Waals surface area contributed by atoms with Gasteiger partial charge in [-0.25, -0.2) is 0 Å². The van der Waals surface area contributed by atoms with Gasteiger partial charge in [-0.3, -0.25) is 0 Å². The lowest BCUT2D eigenvalue weighted by Gasteiger charge is -2.19. The third kappa shape index (κ3) is 9.99. The fourth-order valence-electron chi connectivity index (χ4n) is 2.02. The number of rotatable bonds is 10. The molecule has 0 radical (unpaired) electrons. The molecular formula is C14H29N. The molecule has 0 aliphatic heterocycles. The second kappa shape index (κ2) is 10.2. The van der Waals surface area contributed by atoms with Crippen LogP contribution in [0.5, 0.6) is 0 Å². The van der Waals surface area contributed by atoms with Crippen LogP contribution in [-0.4, -0.2) is 12.6 Å². The Kier molecular flexibility index (Phi) is 10.0. The van der Waals surface area contributed by atoms with Crippen LogP contribution in [0.4, 0.5) is 0 Å². The summed E-state index contributed by atoms with van der Waals surface area (Å²) in [7, 11) is 0. The average Bonchev–Trinajstić information content (AvgIpc) is 2.17. The van der Waals surface area contributed by atoms with Gasteiger partial charge in [-0.2, -0.15) is 0 Å². The van der Waals surface area contributed by atoms with Crippen molar-refractivity contribution >= 4 is 0 Å². The number of allylic oxidation sites excluding steroid dienone is 1. The van der Waals surface area contributed by atoms with E-state index in [1.165, 1.54) is 38.5 Å². The fraction of sp³-hybridized carbons (Fsp3) is 0.857. The maximum Gasteiger partial charge on any atom is 0.00693 e.